The minimum atomic E-state index is -1.48. The molecule has 2 aromatic rings. The minimum absolute atomic E-state index is 0.602. The molecule has 0 bridgehead atoms. The smallest absolute Gasteiger partial charge is 0.118 e. The van der Waals surface area contributed by atoms with Gasteiger partial charge in [0.05, 0.1) is 0 Å². The van der Waals surface area contributed by atoms with Crippen LogP contribution in [0.4, 0.5) is 4.39 Å². The van der Waals surface area contributed by atoms with Crippen LogP contribution in [-0.4, -0.2) is 46.4 Å². The van der Waals surface area contributed by atoms with Crippen LogP contribution < -0.4 is 0 Å². The summed E-state index contributed by atoms with van der Waals surface area (Å²) in [5, 5.41) is 30.1. The minimum Gasteiger partial charge on any atom is -0.387 e. The molecule has 27 heavy (non-hydrogen) atoms. The van der Waals surface area contributed by atoms with Gasteiger partial charge in [-0.3, -0.25) is 0 Å². The van der Waals surface area contributed by atoms with Crippen LogP contribution in [0.15, 0.2) is 46.9 Å². The Balaban J connectivity index is 1.86. The lowest BCUT2D eigenvalue weighted by Crippen LogP contribution is -2.54. The van der Waals surface area contributed by atoms with Crippen molar-refractivity contribution in [3.63, 3.8) is 0 Å². The van der Waals surface area contributed by atoms with Crippen LogP contribution >= 0.6 is 15.9 Å². The standard InChI is InChI=1S/C21H20BrFO4/c1-2-12-3-5-13(6-4-12)9-15-10-14(7-8-16(15)22)21-20(26)19(25)18(24)17(11-23)27-21/h1,3-8,10,17-21,24-26H,9,11H2/t17-,18-,19+,20-,21+/m1/s1. The highest BCUT2D eigenvalue weighted by Crippen LogP contribution is 2.34. The van der Waals surface area contributed by atoms with Gasteiger partial charge in [-0.15, -0.1) is 6.42 Å². The SMILES string of the molecule is C#Cc1ccc(Cc2cc([C@@H]3O[C@H](CF)[C@@H](O)[C@H](O)[C@H]3O)ccc2Br)cc1. The van der Waals surface area contributed by atoms with Crippen LogP contribution in [0.25, 0.3) is 0 Å². The Hall–Kier alpha value is -1.75. The van der Waals surface area contributed by atoms with E-state index in [-0.39, 0.29) is 0 Å². The lowest BCUT2D eigenvalue weighted by molar-refractivity contribution is -0.227. The Labute approximate surface area is 165 Å². The van der Waals surface area contributed by atoms with Crippen LogP contribution in [0.3, 0.4) is 0 Å². The Bertz CT molecular complexity index is 831. The van der Waals surface area contributed by atoms with Gasteiger partial charge in [0.2, 0.25) is 0 Å². The fraction of sp³-hybridized carbons (Fsp3) is 0.333. The van der Waals surface area contributed by atoms with E-state index < -0.39 is 37.2 Å². The maximum absolute atomic E-state index is 13.1. The summed E-state index contributed by atoms with van der Waals surface area (Å²) in [6.07, 6.45) is -0.428. The molecule has 0 spiro atoms. The second-order valence-electron chi connectivity index (χ2n) is 6.59. The van der Waals surface area contributed by atoms with Gasteiger partial charge in [0, 0.05) is 10.0 Å². The third kappa shape index (κ3) is 4.23. The van der Waals surface area contributed by atoms with Crippen molar-refractivity contribution in [2.75, 3.05) is 6.67 Å². The molecule has 4 nitrogen and oxygen atoms in total. The number of aliphatic hydroxyl groups is 3. The van der Waals surface area contributed by atoms with Gasteiger partial charge in [-0.1, -0.05) is 46.1 Å². The zero-order valence-electron chi connectivity index (χ0n) is 14.4. The van der Waals surface area contributed by atoms with Crippen molar-refractivity contribution in [1.82, 2.24) is 0 Å². The lowest BCUT2D eigenvalue weighted by atomic mass is 9.90. The predicted molar refractivity (Wildman–Crippen MR) is 103 cm³/mol. The Morgan fingerprint density at radius 3 is 2.37 bits per heavy atom. The first-order valence-electron chi connectivity index (χ1n) is 8.54. The zero-order chi connectivity index (χ0) is 19.6. The predicted octanol–water partition coefficient (Wildman–Crippen LogP) is 2.51. The van der Waals surface area contributed by atoms with Crippen LogP contribution in [-0.2, 0) is 11.2 Å². The van der Waals surface area contributed by atoms with Gasteiger partial charge in [-0.25, -0.2) is 4.39 Å². The van der Waals surface area contributed by atoms with Crippen molar-refractivity contribution in [2.24, 2.45) is 0 Å². The Kier molecular flexibility index (Phi) is 6.30. The van der Waals surface area contributed by atoms with E-state index in [9.17, 15) is 19.7 Å². The molecular weight excluding hydrogens is 415 g/mol. The van der Waals surface area contributed by atoms with E-state index in [1.54, 1.807) is 6.07 Å². The van der Waals surface area contributed by atoms with Crippen molar-refractivity contribution < 1.29 is 24.4 Å². The van der Waals surface area contributed by atoms with E-state index in [1.165, 1.54) is 0 Å². The second-order valence-corrected chi connectivity index (χ2v) is 7.44. The molecule has 6 heteroatoms. The first-order valence-corrected chi connectivity index (χ1v) is 9.33. The summed E-state index contributed by atoms with van der Waals surface area (Å²) in [6, 6.07) is 13.0. The van der Waals surface area contributed by atoms with Crippen molar-refractivity contribution >= 4 is 15.9 Å². The summed E-state index contributed by atoms with van der Waals surface area (Å²) in [4.78, 5) is 0. The molecule has 0 amide bonds. The normalized spacial score (nSPS) is 27.9. The number of halogens is 2. The van der Waals surface area contributed by atoms with E-state index in [2.05, 4.69) is 21.9 Å². The molecule has 1 fully saturated rings. The highest BCUT2D eigenvalue weighted by molar-refractivity contribution is 9.10. The largest absolute Gasteiger partial charge is 0.387 e. The zero-order valence-corrected chi connectivity index (χ0v) is 16.0. The number of rotatable bonds is 4. The van der Waals surface area contributed by atoms with Gasteiger partial charge in [0.15, 0.2) is 0 Å². The molecule has 5 atom stereocenters. The lowest BCUT2D eigenvalue weighted by Gasteiger charge is -2.40. The molecule has 1 aliphatic heterocycles. The van der Waals surface area contributed by atoms with E-state index in [0.717, 1.165) is 21.2 Å². The molecule has 3 rings (SSSR count). The van der Waals surface area contributed by atoms with Crippen LogP contribution in [0, 0.1) is 12.3 Å². The number of ether oxygens (including phenoxy) is 1. The number of hydrogen-bond donors (Lipinski definition) is 3. The van der Waals surface area contributed by atoms with Gasteiger partial charge in [-0.05, 0) is 41.3 Å². The molecule has 0 radical (unpaired) electrons. The van der Waals surface area contributed by atoms with Crippen molar-refractivity contribution in [3.05, 3.63) is 69.2 Å². The second kappa shape index (κ2) is 8.51. The van der Waals surface area contributed by atoms with Gasteiger partial charge in [0.1, 0.15) is 37.2 Å². The van der Waals surface area contributed by atoms with Gasteiger partial charge >= 0.3 is 0 Å². The molecule has 0 aromatic heterocycles. The fourth-order valence-corrected chi connectivity index (χ4v) is 3.59. The first kappa shape index (κ1) is 20.0. The topological polar surface area (TPSA) is 69.9 Å². The number of hydrogen-bond acceptors (Lipinski definition) is 4. The summed E-state index contributed by atoms with van der Waals surface area (Å²) in [5.41, 5.74) is 3.39. The summed E-state index contributed by atoms with van der Waals surface area (Å²) < 4.78 is 19.5. The summed E-state index contributed by atoms with van der Waals surface area (Å²) in [5.74, 6) is 2.58. The maximum Gasteiger partial charge on any atom is 0.118 e. The number of terminal acetylenes is 1. The van der Waals surface area contributed by atoms with Gasteiger partial charge in [-0.2, -0.15) is 0 Å². The Morgan fingerprint density at radius 2 is 1.74 bits per heavy atom. The van der Waals surface area contributed by atoms with Crippen LogP contribution in [0.5, 0.6) is 0 Å². The third-order valence-corrected chi connectivity index (χ3v) is 5.55. The van der Waals surface area contributed by atoms with E-state index in [4.69, 9.17) is 11.2 Å². The van der Waals surface area contributed by atoms with Crippen molar-refractivity contribution in [1.29, 1.82) is 0 Å². The van der Waals surface area contributed by atoms with Crippen molar-refractivity contribution in [2.45, 2.75) is 36.9 Å². The maximum atomic E-state index is 13.1. The molecule has 3 N–H and O–H groups in total. The monoisotopic (exact) mass is 434 g/mol. The highest BCUT2D eigenvalue weighted by Gasteiger charge is 2.44. The van der Waals surface area contributed by atoms with E-state index >= 15 is 0 Å². The summed E-state index contributed by atoms with van der Waals surface area (Å²) in [7, 11) is 0. The van der Waals surface area contributed by atoms with Gasteiger partial charge in [0.25, 0.3) is 0 Å². The number of aliphatic hydroxyl groups excluding tert-OH is 3. The van der Waals surface area contributed by atoms with Crippen molar-refractivity contribution in [3.8, 4) is 12.3 Å². The van der Waals surface area contributed by atoms with E-state index in [1.807, 2.05) is 36.4 Å². The summed E-state index contributed by atoms with van der Waals surface area (Å²) >= 11 is 3.52. The first-order chi connectivity index (χ1) is 12.9. The number of alkyl halides is 1. The fourth-order valence-electron chi connectivity index (χ4n) is 3.20. The average molecular weight is 435 g/mol. The molecular formula is C21H20BrFO4. The van der Waals surface area contributed by atoms with Crippen LogP contribution in [0.2, 0.25) is 0 Å². The molecule has 0 aliphatic carbocycles. The quantitative estimate of drug-likeness (QED) is 0.646. The Morgan fingerprint density at radius 1 is 1.04 bits per heavy atom. The molecule has 1 saturated heterocycles. The molecule has 1 heterocycles. The molecule has 142 valence electrons. The number of benzene rings is 2. The van der Waals surface area contributed by atoms with E-state index in [0.29, 0.717) is 12.0 Å². The molecule has 0 unspecified atom stereocenters. The van der Waals surface area contributed by atoms with Crippen LogP contribution in [0.1, 0.15) is 28.4 Å². The van der Waals surface area contributed by atoms with Gasteiger partial charge < -0.3 is 20.1 Å². The highest BCUT2D eigenvalue weighted by atomic mass is 79.9. The molecule has 0 saturated carbocycles. The third-order valence-electron chi connectivity index (χ3n) is 4.78. The summed E-state index contributed by atoms with van der Waals surface area (Å²) in [6.45, 7) is -0.952. The molecule has 2 aromatic carbocycles. The average Bonchev–Trinajstić information content (AvgIpc) is 2.69. The molecule has 1 aliphatic rings.